The van der Waals surface area contributed by atoms with Gasteiger partial charge in [-0.1, -0.05) is 15.9 Å². The van der Waals surface area contributed by atoms with E-state index in [1.54, 1.807) is 18.4 Å². The molecule has 0 aliphatic rings. The Bertz CT molecular complexity index is 633. The van der Waals surface area contributed by atoms with E-state index in [-0.39, 0.29) is 24.0 Å². The number of aryl methyl sites for hydroxylation is 1. The van der Waals surface area contributed by atoms with Crippen LogP contribution in [0.2, 0.25) is 0 Å². The summed E-state index contributed by atoms with van der Waals surface area (Å²) in [5, 5.41) is 7.65. The van der Waals surface area contributed by atoms with Gasteiger partial charge in [0.1, 0.15) is 12.4 Å². The summed E-state index contributed by atoms with van der Waals surface area (Å²) < 4.78 is 6.70. The zero-order valence-corrected chi connectivity index (χ0v) is 18.4. The molecule has 2 rings (SSSR count). The van der Waals surface area contributed by atoms with Crippen molar-refractivity contribution in [3.05, 3.63) is 44.8 Å². The molecule has 2 N–H and O–H groups in total. The van der Waals surface area contributed by atoms with Crippen LogP contribution in [0.25, 0.3) is 0 Å². The van der Waals surface area contributed by atoms with Crippen LogP contribution in [0.1, 0.15) is 9.88 Å². The van der Waals surface area contributed by atoms with Gasteiger partial charge >= 0.3 is 0 Å². The first-order chi connectivity index (χ1) is 11.2. The summed E-state index contributed by atoms with van der Waals surface area (Å²) in [7, 11) is 1.76. The van der Waals surface area contributed by atoms with Crippen LogP contribution in [0, 0.1) is 6.92 Å². The average Bonchev–Trinajstić information content (AvgIpc) is 2.97. The summed E-state index contributed by atoms with van der Waals surface area (Å²) in [5.74, 6) is 1.63. The maximum absolute atomic E-state index is 5.66. The number of hydrogen-bond acceptors (Lipinski definition) is 4. The van der Waals surface area contributed by atoms with E-state index in [0.29, 0.717) is 13.2 Å². The molecule has 132 valence electrons. The van der Waals surface area contributed by atoms with Crippen LogP contribution in [0.15, 0.2) is 39.9 Å². The van der Waals surface area contributed by atoms with E-state index < -0.39 is 0 Å². The van der Waals surface area contributed by atoms with Gasteiger partial charge in [0.2, 0.25) is 0 Å². The molecule has 0 aliphatic carbocycles. The molecule has 1 aromatic carbocycles. The monoisotopic (exact) mass is 524 g/mol. The van der Waals surface area contributed by atoms with Crippen molar-refractivity contribution in [3.8, 4) is 5.75 Å². The Kier molecular flexibility index (Phi) is 10.3. The number of aromatic nitrogens is 1. The molecule has 0 amide bonds. The van der Waals surface area contributed by atoms with Gasteiger partial charge in [0.15, 0.2) is 5.96 Å². The number of ether oxygens (including phenoxy) is 1. The standard InChI is InChI=1S/C16H21BrN4OS.HI/c1-12-11-21-15(23-12)7-8-19-16(18-2)20-9-10-22-14-5-3-13(17)4-6-14;/h3-6,11H,7-10H2,1-2H3,(H2,18,19,20);1H. The molecule has 0 radical (unpaired) electrons. The highest BCUT2D eigenvalue weighted by Crippen LogP contribution is 2.15. The molecule has 0 saturated carbocycles. The van der Waals surface area contributed by atoms with Crippen LogP contribution in [0.4, 0.5) is 0 Å². The lowest BCUT2D eigenvalue weighted by atomic mass is 10.3. The van der Waals surface area contributed by atoms with Crippen molar-refractivity contribution in [2.24, 2.45) is 4.99 Å². The molecular formula is C16H22BrIN4OS. The minimum absolute atomic E-state index is 0. The zero-order valence-electron chi connectivity index (χ0n) is 13.7. The van der Waals surface area contributed by atoms with E-state index in [1.165, 1.54) is 4.88 Å². The Hall–Kier alpha value is -0.870. The third-order valence-electron chi connectivity index (χ3n) is 3.00. The van der Waals surface area contributed by atoms with Crippen molar-refractivity contribution in [1.82, 2.24) is 15.6 Å². The number of nitrogens with zero attached hydrogens (tertiary/aromatic N) is 2. The normalized spacial score (nSPS) is 10.9. The number of benzene rings is 1. The van der Waals surface area contributed by atoms with E-state index in [0.717, 1.165) is 34.2 Å². The highest BCUT2D eigenvalue weighted by atomic mass is 127. The minimum atomic E-state index is 0. The Morgan fingerprint density at radius 2 is 1.96 bits per heavy atom. The maximum Gasteiger partial charge on any atom is 0.191 e. The lowest BCUT2D eigenvalue weighted by molar-refractivity contribution is 0.322. The fraction of sp³-hybridized carbons (Fsp3) is 0.375. The van der Waals surface area contributed by atoms with Crippen molar-refractivity contribution >= 4 is 57.2 Å². The van der Waals surface area contributed by atoms with Gasteiger partial charge in [0, 0.05) is 35.6 Å². The molecule has 0 saturated heterocycles. The van der Waals surface area contributed by atoms with Gasteiger partial charge in [-0.2, -0.15) is 0 Å². The number of nitrogens with one attached hydrogen (secondary N) is 2. The van der Waals surface area contributed by atoms with Gasteiger partial charge in [-0.3, -0.25) is 4.99 Å². The lowest BCUT2D eigenvalue weighted by Crippen LogP contribution is -2.40. The van der Waals surface area contributed by atoms with E-state index in [2.05, 4.69) is 43.5 Å². The van der Waals surface area contributed by atoms with E-state index in [1.807, 2.05) is 30.5 Å². The number of hydrogen-bond donors (Lipinski definition) is 2. The van der Waals surface area contributed by atoms with Crippen molar-refractivity contribution in [3.63, 3.8) is 0 Å². The average molecular weight is 525 g/mol. The summed E-state index contributed by atoms with van der Waals surface area (Å²) >= 11 is 5.13. The lowest BCUT2D eigenvalue weighted by Gasteiger charge is -2.12. The fourth-order valence-corrected chi connectivity index (χ4v) is 2.95. The largest absolute Gasteiger partial charge is 0.492 e. The molecule has 1 heterocycles. The molecule has 0 atom stereocenters. The molecule has 8 heteroatoms. The first-order valence-electron chi connectivity index (χ1n) is 7.41. The van der Waals surface area contributed by atoms with Gasteiger partial charge in [0.25, 0.3) is 0 Å². The molecule has 0 bridgehead atoms. The molecule has 1 aromatic heterocycles. The SMILES string of the molecule is CN=C(NCCOc1ccc(Br)cc1)NCCc1ncc(C)s1.I. The Balaban J connectivity index is 0.00000288. The van der Waals surface area contributed by atoms with Crippen molar-refractivity contribution in [2.45, 2.75) is 13.3 Å². The number of halogens is 2. The maximum atomic E-state index is 5.66. The van der Waals surface area contributed by atoms with Gasteiger partial charge in [-0.05, 0) is 31.2 Å². The van der Waals surface area contributed by atoms with Crippen LogP contribution < -0.4 is 15.4 Å². The molecular weight excluding hydrogens is 503 g/mol. The molecule has 0 aliphatic heterocycles. The van der Waals surface area contributed by atoms with Crippen LogP contribution >= 0.6 is 51.2 Å². The smallest absolute Gasteiger partial charge is 0.191 e. The summed E-state index contributed by atoms with van der Waals surface area (Å²) in [4.78, 5) is 9.79. The fourth-order valence-electron chi connectivity index (χ4n) is 1.89. The topological polar surface area (TPSA) is 58.5 Å². The van der Waals surface area contributed by atoms with Crippen LogP contribution in [-0.2, 0) is 6.42 Å². The van der Waals surface area contributed by atoms with E-state index >= 15 is 0 Å². The molecule has 0 unspecified atom stereocenters. The third kappa shape index (κ3) is 7.80. The van der Waals surface area contributed by atoms with Gasteiger partial charge in [-0.25, -0.2) is 4.98 Å². The van der Waals surface area contributed by atoms with Crippen molar-refractivity contribution in [2.75, 3.05) is 26.7 Å². The van der Waals surface area contributed by atoms with Crippen LogP contribution in [0.5, 0.6) is 5.75 Å². The predicted molar refractivity (Wildman–Crippen MR) is 115 cm³/mol. The second-order valence-electron chi connectivity index (χ2n) is 4.84. The van der Waals surface area contributed by atoms with Crippen molar-refractivity contribution < 1.29 is 4.74 Å². The van der Waals surface area contributed by atoms with Crippen LogP contribution in [-0.4, -0.2) is 37.7 Å². The second-order valence-corrected chi connectivity index (χ2v) is 7.08. The number of guanidine groups is 1. The Morgan fingerprint density at radius 3 is 2.58 bits per heavy atom. The zero-order chi connectivity index (χ0) is 16.5. The summed E-state index contributed by atoms with van der Waals surface area (Å²) in [5.41, 5.74) is 0. The number of thiazole rings is 1. The highest BCUT2D eigenvalue weighted by Gasteiger charge is 2.01. The molecule has 2 aromatic rings. The quantitative estimate of drug-likeness (QED) is 0.251. The summed E-state index contributed by atoms with van der Waals surface area (Å²) in [6, 6.07) is 7.80. The third-order valence-corrected chi connectivity index (χ3v) is 4.50. The van der Waals surface area contributed by atoms with Gasteiger partial charge < -0.3 is 15.4 Å². The van der Waals surface area contributed by atoms with Gasteiger partial charge in [0.05, 0.1) is 11.6 Å². The summed E-state index contributed by atoms with van der Waals surface area (Å²) in [6.07, 6.45) is 2.81. The summed E-state index contributed by atoms with van der Waals surface area (Å²) in [6.45, 7) is 4.14. The Labute approximate surface area is 172 Å². The van der Waals surface area contributed by atoms with Crippen LogP contribution in [0.3, 0.4) is 0 Å². The van der Waals surface area contributed by atoms with Gasteiger partial charge in [-0.15, -0.1) is 35.3 Å². The molecule has 24 heavy (non-hydrogen) atoms. The Morgan fingerprint density at radius 1 is 1.25 bits per heavy atom. The van der Waals surface area contributed by atoms with E-state index in [9.17, 15) is 0 Å². The first kappa shape index (κ1) is 21.2. The molecule has 5 nitrogen and oxygen atoms in total. The predicted octanol–water partition coefficient (Wildman–Crippen LogP) is 3.62. The second kappa shape index (κ2) is 11.6. The first-order valence-corrected chi connectivity index (χ1v) is 9.02. The molecule has 0 fully saturated rings. The number of rotatable bonds is 7. The minimum Gasteiger partial charge on any atom is -0.492 e. The highest BCUT2D eigenvalue weighted by molar-refractivity contribution is 14.0. The number of aliphatic imine (C=N–C) groups is 1. The van der Waals surface area contributed by atoms with Crippen molar-refractivity contribution in [1.29, 1.82) is 0 Å². The molecule has 0 spiro atoms. The van der Waals surface area contributed by atoms with E-state index in [4.69, 9.17) is 4.74 Å².